The van der Waals surface area contributed by atoms with Gasteiger partial charge in [0.2, 0.25) is 0 Å². The van der Waals surface area contributed by atoms with E-state index in [0.717, 1.165) is 35.4 Å². The molecule has 100 valence electrons. The molecular weight excluding hydrogens is 250 g/mol. The molecule has 0 unspecified atom stereocenters. The van der Waals surface area contributed by atoms with Gasteiger partial charge in [0.1, 0.15) is 17.2 Å². The summed E-state index contributed by atoms with van der Waals surface area (Å²) in [5.41, 5.74) is 9.98. The monoisotopic (exact) mass is 265 g/mol. The molecular formula is C15H15N5. The van der Waals surface area contributed by atoms with E-state index in [0.29, 0.717) is 11.6 Å². The summed E-state index contributed by atoms with van der Waals surface area (Å²) in [6.45, 7) is 0. The van der Waals surface area contributed by atoms with E-state index < -0.39 is 0 Å². The molecule has 0 radical (unpaired) electrons. The predicted molar refractivity (Wildman–Crippen MR) is 77.3 cm³/mol. The van der Waals surface area contributed by atoms with Crippen molar-refractivity contribution in [2.24, 2.45) is 0 Å². The summed E-state index contributed by atoms with van der Waals surface area (Å²) in [6, 6.07) is 5.90. The number of aromatic nitrogens is 4. The molecule has 3 heterocycles. The lowest BCUT2D eigenvalue weighted by atomic mass is 9.96. The van der Waals surface area contributed by atoms with Crippen LogP contribution >= 0.6 is 0 Å². The normalized spacial score (nSPS) is 14.4. The van der Waals surface area contributed by atoms with Crippen molar-refractivity contribution < 1.29 is 0 Å². The fourth-order valence-electron chi connectivity index (χ4n) is 2.78. The molecule has 3 aromatic rings. The lowest BCUT2D eigenvalue weighted by molar-refractivity contribution is 0.666. The smallest absolute Gasteiger partial charge is 0.182 e. The molecule has 0 amide bonds. The highest BCUT2D eigenvalue weighted by atomic mass is 15.0. The van der Waals surface area contributed by atoms with Gasteiger partial charge < -0.3 is 10.1 Å². The summed E-state index contributed by atoms with van der Waals surface area (Å²) in [6.07, 6.45) is 8.24. The molecule has 2 N–H and O–H groups in total. The molecule has 4 rings (SSSR count). The molecule has 5 heteroatoms. The summed E-state index contributed by atoms with van der Waals surface area (Å²) in [4.78, 5) is 13.7. The van der Waals surface area contributed by atoms with E-state index in [1.54, 1.807) is 0 Å². The van der Waals surface area contributed by atoms with Gasteiger partial charge in [-0.2, -0.15) is 0 Å². The standard InChI is InChI=1S/C15H15N5/c16-14-10-5-1-2-6-11(10)18-15(19-14)12-9-20-8-4-3-7-13(20)17-12/h3-4,7-9H,1-2,5-6H2,(H2,16,18,19). The third kappa shape index (κ3) is 1.74. The van der Waals surface area contributed by atoms with Gasteiger partial charge in [-0.05, 0) is 37.8 Å². The van der Waals surface area contributed by atoms with Crippen LogP contribution in [0.2, 0.25) is 0 Å². The maximum Gasteiger partial charge on any atom is 0.182 e. The maximum atomic E-state index is 6.09. The van der Waals surface area contributed by atoms with Gasteiger partial charge in [-0.15, -0.1) is 0 Å². The molecule has 0 saturated heterocycles. The zero-order valence-electron chi connectivity index (χ0n) is 11.1. The van der Waals surface area contributed by atoms with Gasteiger partial charge in [-0.1, -0.05) is 6.07 Å². The van der Waals surface area contributed by atoms with Crippen molar-refractivity contribution in [2.75, 3.05) is 5.73 Å². The van der Waals surface area contributed by atoms with Crippen LogP contribution in [-0.2, 0) is 12.8 Å². The van der Waals surface area contributed by atoms with Crippen molar-refractivity contribution in [2.45, 2.75) is 25.7 Å². The Hall–Kier alpha value is -2.43. The second-order valence-corrected chi connectivity index (χ2v) is 5.16. The number of hydrogen-bond donors (Lipinski definition) is 1. The third-order valence-electron chi connectivity index (χ3n) is 3.81. The van der Waals surface area contributed by atoms with Crippen molar-refractivity contribution in [1.29, 1.82) is 0 Å². The first kappa shape index (κ1) is 11.4. The average molecular weight is 265 g/mol. The van der Waals surface area contributed by atoms with Gasteiger partial charge >= 0.3 is 0 Å². The largest absolute Gasteiger partial charge is 0.383 e. The molecule has 0 aliphatic heterocycles. The Labute approximate surface area is 116 Å². The van der Waals surface area contributed by atoms with Crippen LogP contribution < -0.4 is 5.73 Å². The molecule has 1 aliphatic rings. The SMILES string of the molecule is Nc1nc(-c2cn3ccccc3n2)nc2c1CCCC2. The van der Waals surface area contributed by atoms with Crippen LogP contribution in [0.15, 0.2) is 30.6 Å². The van der Waals surface area contributed by atoms with E-state index in [1.165, 1.54) is 12.8 Å². The van der Waals surface area contributed by atoms with Crippen LogP contribution in [0.4, 0.5) is 5.82 Å². The molecule has 1 aliphatic carbocycles. The van der Waals surface area contributed by atoms with Crippen LogP contribution in [0.5, 0.6) is 0 Å². The molecule has 0 saturated carbocycles. The van der Waals surface area contributed by atoms with E-state index in [2.05, 4.69) is 15.0 Å². The van der Waals surface area contributed by atoms with Crippen LogP contribution in [-0.4, -0.2) is 19.4 Å². The number of aryl methyl sites for hydroxylation is 1. The molecule has 0 bridgehead atoms. The van der Waals surface area contributed by atoms with Gasteiger partial charge in [0, 0.05) is 23.7 Å². The number of hydrogen-bond acceptors (Lipinski definition) is 4. The lowest BCUT2D eigenvalue weighted by Gasteiger charge is -2.16. The van der Waals surface area contributed by atoms with Crippen molar-refractivity contribution in [3.63, 3.8) is 0 Å². The highest BCUT2D eigenvalue weighted by Crippen LogP contribution is 2.26. The summed E-state index contributed by atoms with van der Waals surface area (Å²) in [5, 5.41) is 0. The molecule has 20 heavy (non-hydrogen) atoms. The van der Waals surface area contributed by atoms with E-state index in [9.17, 15) is 0 Å². The first-order chi connectivity index (χ1) is 9.81. The second kappa shape index (κ2) is 4.30. The first-order valence-electron chi connectivity index (χ1n) is 6.90. The van der Waals surface area contributed by atoms with Crippen LogP contribution in [0, 0.1) is 0 Å². The Morgan fingerprint density at radius 2 is 1.95 bits per heavy atom. The third-order valence-corrected chi connectivity index (χ3v) is 3.81. The quantitative estimate of drug-likeness (QED) is 0.732. The number of pyridine rings is 1. The van der Waals surface area contributed by atoms with Gasteiger partial charge in [-0.25, -0.2) is 15.0 Å². The number of nitrogen functional groups attached to an aromatic ring is 1. The van der Waals surface area contributed by atoms with E-state index in [-0.39, 0.29) is 0 Å². The van der Waals surface area contributed by atoms with Gasteiger partial charge in [0.25, 0.3) is 0 Å². The van der Waals surface area contributed by atoms with Gasteiger partial charge in [0.15, 0.2) is 5.82 Å². The Bertz CT molecular complexity index is 757. The van der Waals surface area contributed by atoms with Gasteiger partial charge in [0.05, 0.1) is 0 Å². The number of anilines is 1. The van der Waals surface area contributed by atoms with Crippen molar-refractivity contribution >= 4 is 11.5 Å². The maximum absolute atomic E-state index is 6.09. The minimum absolute atomic E-state index is 0.613. The van der Waals surface area contributed by atoms with Gasteiger partial charge in [-0.3, -0.25) is 0 Å². The summed E-state index contributed by atoms with van der Waals surface area (Å²) in [7, 11) is 0. The fourth-order valence-corrected chi connectivity index (χ4v) is 2.78. The second-order valence-electron chi connectivity index (χ2n) is 5.16. The number of nitrogens with zero attached hydrogens (tertiary/aromatic N) is 4. The molecule has 0 spiro atoms. The zero-order valence-corrected chi connectivity index (χ0v) is 11.1. The van der Waals surface area contributed by atoms with E-state index >= 15 is 0 Å². The Morgan fingerprint density at radius 1 is 1.05 bits per heavy atom. The lowest BCUT2D eigenvalue weighted by Crippen LogP contribution is -2.11. The molecule has 3 aromatic heterocycles. The fraction of sp³-hybridized carbons (Fsp3) is 0.267. The Kier molecular flexibility index (Phi) is 2.45. The average Bonchev–Trinajstić information content (AvgIpc) is 2.91. The van der Waals surface area contributed by atoms with Crippen LogP contribution in [0.25, 0.3) is 17.2 Å². The topological polar surface area (TPSA) is 69.1 Å². The highest BCUT2D eigenvalue weighted by Gasteiger charge is 2.17. The summed E-state index contributed by atoms with van der Waals surface area (Å²) < 4.78 is 1.97. The van der Waals surface area contributed by atoms with Crippen molar-refractivity contribution in [1.82, 2.24) is 19.4 Å². The number of imidazole rings is 1. The minimum atomic E-state index is 0.613. The van der Waals surface area contributed by atoms with E-state index in [1.807, 2.05) is 35.0 Å². The first-order valence-corrected chi connectivity index (χ1v) is 6.90. The van der Waals surface area contributed by atoms with E-state index in [4.69, 9.17) is 5.73 Å². The summed E-state index contributed by atoms with van der Waals surface area (Å²) >= 11 is 0. The zero-order chi connectivity index (χ0) is 13.5. The Morgan fingerprint density at radius 3 is 2.85 bits per heavy atom. The number of rotatable bonds is 1. The highest BCUT2D eigenvalue weighted by molar-refractivity contribution is 5.59. The number of fused-ring (bicyclic) bond motifs is 2. The number of nitrogens with two attached hydrogens (primary N) is 1. The van der Waals surface area contributed by atoms with Crippen LogP contribution in [0.1, 0.15) is 24.1 Å². The minimum Gasteiger partial charge on any atom is -0.383 e. The van der Waals surface area contributed by atoms with Crippen LogP contribution in [0.3, 0.4) is 0 Å². The summed E-state index contributed by atoms with van der Waals surface area (Å²) in [5.74, 6) is 1.24. The molecule has 0 aromatic carbocycles. The van der Waals surface area contributed by atoms with Crippen molar-refractivity contribution in [3.8, 4) is 11.5 Å². The predicted octanol–water partition coefficient (Wildman–Crippen LogP) is 2.25. The Balaban J connectivity index is 1.87. The molecule has 5 nitrogen and oxygen atoms in total. The van der Waals surface area contributed by atoms with Crippen molar-refractivity contribution in [3.05, 3.63) is 41.9 Å². The molecule has 0 fully saturated rings. The molecule has 0 atom stereocenters.